The SMILES string of the molecule is COCC(C)N(C)c1cccc(Cl)c1CNC(C)(C)C. The molecule has 1 atom stereocenters. The Labute approximate surface area is 128 Å². The van der Waals surface area contributed by atoms with Crippen LogP contribution in [-0.4, -0.2) is 32.3 Å². The van der Waals surface area contributed by atoms with Crippen molar-refractivity contribution in [2.24, 2.45) is 0 Å². The van der Waals surface area contributed by atoms with Gasteiger partial charge in [0, 0.05) is 48.6 Å². The van der Waals surface area contributed by atoms with Gasteiger partial charge in [-0.15, -0.1) is 0 Å². The monoisotopic (exact) mass is 298 g/mol. The fourth-order valence-corrected chi connectivity index (χ4v) is 2.23. The van der Waals surface area contributed by atoms with E-state index in [1.165, 1.54) is 0 Å². The Morgan fingerprint density at radius 2 is 2.00 bits per heavy atom. The molecule has 0 saturated heterocycles. The number of nitrogens with zero attached hydrogens (tertiary/aromatic N) is 1. The lowest BCUT2D eigenvalue weighted by atomic mass is 10.1. The van der Waals surface area contributed by atoms with Crippen molar-refractivity contribution in [3.63, 3.8) is 0 Å². The van der Waals surface area contributed by atoms with E-state index in [1.54, 1.807) is 7.11 Å². The van der Waals surface area contributed by atoms with E-state index in [0.29, 0.717) is 12.6 Å². The first-order chi connectivity index (χ1) is 9.26. The molecule has 0 heterocycles. The van der Waals surface area contributed by atoms with Crippen molar-refractivity contribution in [2.45, 2.75) is 45.8 Å². The number of rotatable bonds is 6. The molecule has 20 heavy (non-hydrogen) atoms. The highest BCUT2D eigenvalue weighted by atomic mass is 35.5. The van der Waals surface area contributed by atoms with Gasteiger partial charge in [-0.2, -0.15) is 0 Å². The van der Waals surface area contributed by atoms with E-state index in [9.17, 15) is 0 Å². The maximum Gasteiger partial charge on any atom is 0.0663 e. The molecular weight excluding hydrogens is 272 g/mol. The second-order valence-corrected chi connectivity index (χ2v) is 6.66. The van der Waals surface area contributed by atoms with Crippen LogP contribution in [0.15, 0.2) is 18.2 Å². The molecule has 0 aliphatic carbocycles. The minimum absolute atomic E-state index is 0.0627. The number of benzene rings is 1. The molecule has 0 aliphatic rings. The third kappa shape index (κ3) is 4.97. The van der Waals surface area contributed by atoms with Crippen LogP contribution in [0.1, 0.15) is 33.3 Å². The van der Waals surface area contributed by atoms with Crippen LogP contribution in [0.2, 0.25) is 5.02 Å². The molecule has 0 aliphatic heterocycles. The van der Waals surface area contributed by atoms with Gasteiger partial charge in [-0.25, -0.2) is 0 Å². The summed E-state index contributed by atoms with van der Waals surface area (Å²) in [5, 5.41) is 4.30. The normalized spacial score (nSPS) is 13.3. The molecule has 4 heteroatoms. The number of anilines is 1. The summed E-state index contributed by atoms with van der Waals surface area (Å²) in [4.78, 5) is 2.22. The van der Waals surface area contributed by atoms with Gasteiger partial charge in [-0.1, -0.05) is 17.7 Å². The number of nitrogens with one attached hydrogen (secondary N) is 1. The molecule has 0 radical (unpaired) electrons. The maximum atomic E-state index is 6.39. The molecule has 0 saturated carbocycles. The Hall–Kier alpha value is -0.770. The third-order valence-electron chi connectivity index (χ3n) is 3.34. The van der Waals surface area contributed by atoms with Crippen LogP contribution < -0.4 is 10.2 Å². The highest BCUT2D eigenvalue weighted by molar-refractivity contribution is 6.31. The van der Waals surface area contributed by atoms with Crippen LogP contribution in [0, 0.1) is 0 Å². The van der Waals surface area contributed by atoms with Crippen LogP contribution >= 0.6 is 11.6 Å². The Morgan fingerprint density at radius 3 is 2.55 bits per heavy atom. The summed E-state index contributed by atoms with van der Waals surface area (Å²) in [6, 6.07) is 6.35. The Morgan fingerprint density at radius 1 is 1.35 bits per heavy atom. The van der Waals surface area contributed by atoms with Crippen molar-refractivity contribution in [1.29, 1.82) is 0 Å². The Bertz CT molecular complexity index is 429. The molecule has 1 N–H and O–H groups in total. The van der Waals surface area contributed by atoms with E-state index in [-0.39, 0.29) is 5.54 Å². The highest BCUT2D eigenvalue weighted by Crippen LogP contribution is 2.28. The molecule has 1 rings (SSSR count). The second kappa shape index (κ2) is 7.30. The Balaban J connectivity index is 2.98. The topological polar surface area (TPSA) is 24.5 Å². The first-order valence-corrected chi connectivity index (χ1v) is 7.38. The largest absolute Gasteiger partial charge is 0.383 e. The van der Waals surface area contributed by atoms with E-state index in [4.69, 9.17) is 16.3 Å². The van der Waals surface area contributed by atoms with Gasteiger partial charge in [0.1, 0.15) is 0 Å². The number of methoxy groups -OCH3 is 1. The number of hydrogen-bond acceptors (Lipinski definition) is 3. The van der Waals surface area contributed by atoms with Gasteiger partial charge in [0.05, 0.1) is 6.61 Å². The van der Waals surface area contributed by atoms with Gasteiger partial charge < -0.3 is 15.0 Å². The van der Waals surface area contributed by atoms with Crippen molar-refractivity contribution < 1.29 is 4.74 Å². The van der Waals surface area contributed by atoms with E-state index >= 15 is 0 Å². The van der Waals surface area contributed by atoms with Crippen molar-refractivity contribution in [2.75, 3.05) is 25.7 Å². The minimum Gasteiger partial charge on any atom is -0.383 e. The van der Waals surface area contributed by atoms with Gasteiger partial charge >= 0.3 is 0 Å². The second-order valence-electron chi connectivity index (χ2n) is 6.26. The molecule has 0 aromatic heterocycles. The molecule has 3 nitrogen and oxygen atoms in total. The van der Waals surface area contributed by atoms with Crippen molar-refractivity contribution in [3.8, 4) is 0 Å². The van der Waals surface area contributed by atoms with E-state index in [2.05, 4.69) is 51.0 Å². The standard InChI is InChI=1S/C16H27ClN2O/c1-12(11-20-6)19(5)15-9-7-8-14(17)13(15)10-18-16(2,3)4/h7-9,12,18H,10-11H2,1-6H3. The summed E-state index contributed by atoms with van der Waals surface area (Å²) in [7, 11) is 3.81. The minimum atomic E-state index is 0.0627. The van der Waals surface area contributed by atoms with Crippen LogP contribution in [0.5, 0.6) is 0 Å². The smallest absolute Gasteiger partial charge is 0.0663 e. The van der Waals surface area contributed by atoms with Crippen LogP contribution in [0.4, 0.5) is 5.69 Å². The fraction of sp³-hybridized carbons (Fsp3) is 0.625. The molecule has 1 aromatic rings. The first-order valence-electron chi connectivity index (χ1n) is 7.00. The molecule has 0 fully saturated rings. The predicted molar refractivity (Wildman–Crippen MR) is 87.8 cm³/mol. The summed E-state index contributed by atoms with van der Waals surface area (Å²) in [6.07, 6.45) is 0. The number of hydrogen-bond donors (Lipinski definition) is 1. The lowest BCUT2D eigenvalue weighted by Gasteiger charge is -2.30. The average Bonchev–Trinajstić information content (AvgIpc) is 2.35. The number of ether oxygens (including phenoxy) is 1. The number of likely N-dealkylation sites (N-methyl/N-ethyl adjacent to an activating group) is 1. The van der Waals surface area contributed by atoms with Gasteiger partial charge in [0.15, 0.2) is 0 Å². The molecule has 1 aromatic carbocycles. The summed E-state index contributed by atoms with van der Waals surface area (Å²) >= 11 is 6.39. The molecular formula is C16H27ClN2O. The third-order valence-corrected chi connectivity index (χ3v) is 3.69. The molecule has 0 amide bonds. The molecule has 1 unspecified atom stereocenters. The van der Waals surface area contributed by atoms with Crippen LogP contribution in [0.25, 0.3) is 0 Å². The first kappa shape index (κ1) is 17.3. The maximum absolute atomic E-state index is 6.39. The molecule has 114 valence electrons. The zero-order valence-electron chi connectivity index (χ0n) is 13.5. The summed E-state index contributed by atoms with van der Waals surface area (Å²) in [5.74, 6) is 0. The van der Waals surface area contributed by atoms with E-state index in [1.807, 2.05) is 12.1 Å². The van der Waals surface area contributed by atoms with Crippen molar-refractivity contribution in [3.05, 3.63) is 28.8 Å². The van der Waals surface area contributed by atoms with Gasteiger partial charge in [-0.05, 0) is 39.8 Å². The number of halogens is 1. The van der Waals surface area contributed by atoms with Gasteiger partial charge in [0.25, 0.3) is 0 Å². The van der Waals surface area contributed by atoms with E-state index in [0.717, 1.165) is 22.8 Å². The lowest BCUT2D eigenvalue weighted by molar-refractivity contribution is 0.183. The summed E-state index contributed by atoms with van der Waals surface area (Å²) < 4.78 is 5.24. The predicted octanol–water partition coefficient (Wildman–Crippen LogP) is 3.70. The zero-order valence-corrected chi connectivity index (χ0v) is 14.2. The zero-order chi connectivity index (χ0) is 15.3. The quantitative estimate of drug-likeness (QED) is 0.867. The van der Waals surface area contributed by atoms with E-state index < -0.39 is 0 Å². The van der Waals surface area contributed by atoms with Crippen LogP contribution in [-0.2, 0) is 11.3 Å². The fourth-order valence-electron chi connectivity index (χ4n) is 2.00. The van der Waals surface area contributed by atoms with Gasteiger partial charge in [0.2, 0.25) is 0 Å². The summed E-state index contributed by atoms with van der Waals surface area (Å²) in [5.41, 5.74) is 2.35. The van der Waals surface area contributed by atoms with Crippen molar-refractivity contribution in [1.82, 2.24) is 5.32 Å². The summed E-state index contributed by atoms with van der Waals surface area (Å²) in [6.45, 7) is 10.0. The highest BCUT2D eigenvalue weighted by Gasteiger charge is 2.17. The lowest BCUT2D eigenvalue weighted by Crippen LogP contribution is -2.37. The average molecular weight is 299 g/mol. The molecule has 0 spiro atoms. The van der Waals surface area contributed by atoms with Crippen LogP contribution in [0.3, 0.4) is 0 Å². The van der Waals surface area contributed by atoms with Crippen molar-refractivity contribution >= 4 is 17.3 Å². The Kier molecular flexibility index (Phi) is 6.31. The molecule has 0 bridgehead atoms. The van der Waals surface area contributed by atoms with Gasteiger partial charge in [-0.3, -0.25) is 0 Å².